The normalized spacial score (nSPS) is 10.3. The van der Waals surface area contributed by atoms with Gasteiger partial charge in [0.2, 0.25) is 5.91 Å². The molecule has 0 radical (unpaired) electrons. The molecule has 0 aromatic rings. The molecule has 0 aliphatic rings. The fraction of sp³-hybridized carbons (Fsp3) is 0.636. The summed E-state index contributed by atoms with van der Waals surface area (Å²) in [5.41, 5.74) is -1.23. The van der Waals surface area contributed by atoms with E-state index >= 15 is 0 Å². The summed E-state index contributed by atoms with van der Waals surface area (Å²) in [5.74, 6) is -1.76. The van der Waals surface area contributed by atoms with Gasteiger partial charge in [-0.05, 0) is 13.8 Å². The lowest BCUT2D eigenvalue weighted by Gasteiger charge is -2.20. The van der Waals surface area contributed by atoms with E-state index in [0.717, 1.165) is 0 Å². The Morgan fingerprint density at radius 1 is 1.39 bits per heavy atom. The molecule has 2 N–H and O–H groups in total. The van der Waals surface area contributed by atoms with Gasteiger partial charge < -0.3 is 10.0 Å². The molecule has 0 spiro atoms. The Bertz CT molecular complexity index is 384. The summed E-state index contributed by atoms with van der Waals surface area (Å²) in [6, 6.07) is 1.23. The Hall–Kier alpha value is -2.10. The fourth-order valence-corrected chi connectivity index (χ4v) is 1.06. The van der Waals surface area contributed by atoms with Crippen LogP contribution < -0.4 is 5.32 Å². The lowest BCUT2D eigenvalue weighted by atomic mass is 9.89. The predicted molar refractivity (Wildman–Crippen MR) is 62.4 cm³/mol. The number of urea groups is 1. The predicted octanol–water partition coefficient (Wildman–Crippen LogP) is 0.569. The van der Waals surface area contributed by atoms with E-state index in [0.29, 0.717) is 0 Å². The lowest BCUT2D eigenvalue weighted by molar-refractivity contribution is -0.149. The summed E-state index contributed by atoms with van der Waals surface area (Å²) in [6.45, 7) is 3.01. The first-order valence-electron chi connectivity index (χ1n) is 5.36. The number of rotatable bonds is 5. The van der Waals surface area contributed by atoms with Crippen molar-refractivity contribution in [1.29, 1.82) is 5.26 Å². The summed E-state index contributed by atoms with van der Waals surface area (Å²) in [6.07, 6.45) is -0.126. The highest BCUT2D eigenvalue weighted by Crippen LogP contribution is 2.19. The van der Waals surface area contributed by atoms with Crippen molar-refractivity contribution in [2.75, 3.05) is 13.6 Å². The molecule has 0 bridgehead atoms. The third-order valence-corrected chi connectivity index (χ3v) is 2.33. The van der Waals surface area contributed by atoms with Crippen LogP contribution in [0.5, 0.6) is 0 Å². The van der Waals surface area contributed by atoms with Gasteiger partial charge in [0.1, 0.15) is 0 Å². The summed E-state index contributed by atoms with van der Waals surface area (Å²) in [5, 5.41) is 19.3. The first-order valence-corrected chi connectivity index (χ1v) is 5.36. The van der Waals surface area contributed by atoms with E-state index < -0.39 is 23.3 Å². The molecule has 18 heavy (non-hydrogen) atoms. The van der Waals surface area contributed by atoms with Crippen molar-refractivity contribution in [1.82, 2.24) is 10.2 Å². The van der Waals surface area contributed by atoms with Crippen LogP contribution in [-0.4, -0.2) is 41.5 Å². The quantitative estimate of drug-likeness (QED) is 0.746. The molecule has 0 aliphatic carbocycles. The minimum absolute atomic E-state index is 0.165. The number of carboxylic acids is 1. The van der Waals surface area contributed by atoms with E-state index in [1.165, 1.54) is 25.8 Å². The van der Waals surface area contributed by atoms with Crippen molar-refractivity contribution in [3.63, 3.8) is 0 Å². The molecule has 0 aromatic heterocycles. The van der Waals surface area contributed by atoms with Crippen molar-refractivity contribution in [3.05, 3.63) is 0 Å². The van der Waals surface area contributed by atoms with Crippen molar-refractivity contribution in [2.45, 2.75) is 26.7 Å². The maximum absolute atomic E-state index is 11.5. The van der Waals surface area contributed by atoms with E-state index in [2.05, 4.69) is 5.32 Å². The molecular weight excluding hydrogens is 238 g/mol. The molecule has 0 aliphatic heterocycles. The first kappa shape index (κ1) is 15.9. The Morgan fingerprint density at radius 3 is 2.39 bits per heavy atom. The van der Waals surface area contributed by atoms with Crippen LogP contribution in [0, 0.1) is 16.7 Å². The largest absolute Gasteiger partial charge is 0.481 e. The van der Waals surface area contributed by atoms with Crippen LogP contribution in [0.1, 0.15) is 26.7 Å². The average molecular weight is 255 g/mol. The smallest absolute Gasteiger partial charge is 0.323 e. The maximum Gasteiger partial charge on any atom is 0.323 e. The molecule has 0 unspecified atom stereocenters. The van der Waals surface area contributed by atoms with Crippen LogP contribution >= 0.6 is 0 Å². The van der Waals surface area contributed by atoms with Crippen LogP contribution in [0.25, 0.3) is 0 Å². The third kappa shape index (κ3) is 5.30. The van der Waals surface area contributed by atoms with E-state index in [1.54, 1.807) is 0 Å². The molecule has 3 amide bonds. The number of hydrogen-bond donors (Lipinski definition) is 2. The zero-order valence-corrected chi connectivity index (χ0v) is 10.7. The molecule has 0 heterocycles. The average Bonchev–Trinajstić information content (AvgIpc) is 2.24. The summed E-state index contributed by atoms with van der Waals surface area (Å²) < 4.78 is 0. The van der Waals surface area contributed by atoms with Gasteiger partial charge in [0, 0.05) is 20.0 Å². The zero-order chi connectivity index (χ0) is 14.3. The number of amides is 3. The molecule has 0 atom stereocenters. The zero-order valence-electron chi connectivity index (χ0n) is 10.7. The number of carbonyl (C=O) groups excluding carboxylic acids is 2. The summed E-state index contributed by atoms with van der Waals surface area (Å²) >= 11 is 0. The van der Waals surface area contributed by atoms with Crippen LogP contribution in [0.3, 0.4) is 0 Å². The van der Waals surface area contributed by atoms with Crippen molar-refractivity contribution >= 4 is 17.9 Å². The Morgan fingerprint density at radius 2 is 1.94 bits per heavy atom. The Labute approximate surface area is 105 Å². The van der Waals surface area contributed by atoms with Gasteiger partial charge in [-0.25, -0.2) is 4.79 Å². The third-order valence-electron chi connectivity index (χ3n) is 2.33. The number of nitriles is 1. The molecule has 0 rings (SSSR count). The summed E-state index contributed by atoms with van der Waals surface area (Å²) in [7, 11) is 1.45. The number of carboxylic acid groups (broad SMARTS) is 1. The van der Waals surface area contributed by atoms with Gasteiger partial charge in [-0.1, -0.05) is 0 Å². The maximum atomic E-state index is 11.5. The highest BCUT2D eigenvalue weighted by molar-refractivity contribution is 5.96. The van der Waals surface area contributed by atoms with Crippen molar-refractivity contribution in [3.8, 4) is 6.07 Å². The molecular formula is C11H17N3O4. The highest BCUT2D eigenvalue weighted by Gasteiger charge is 2.30. The Balaban J connectivity index is 4.29. The van der Waals surface area contributed by atoms with Gasteiger partial charge in [-0.3, -0.25) is 14.9 Å². The van der Waals surface area contributed by atoms with E-state index in [4.69, 9.17) is 10.4 Å². The standard InChI is InChI=1S/C11H17N3O4/c1-11(2,9(16)17)7-8(15)13-10(18)14(3)6-4-5-12/h4,6-7H2,1-3H3,(H,16,17)(H,13,15,18). The first-order chi connectivity index (χ1) is 8.20. The van der Waals surface area contributed by atoms with Gasteiger partial charge in [-0.2, -0.15) is 5.26 Å². The number of aliphatic carboxylic acids is 1. The second-order valence-electron chi connectivity index (χ2n) is 4.55. The Kier molecular flexibility index (Phi) is 5.82. The lowest BCUT2D eigenvalue weighted by Crippen LogP contribution is -2.43. The van der Waals surface area contributed by atoms with E-state index in [1.807, 2.05) is 6.07 Å². The van der Waals surface area contributed by atoms with Crippen LogP contribution in [-0.2, 0) is 9.59 Å². The van der Waals surface area contributed by atoms with Crippen LogP contribution in [0.2, 0.25) is 0 Å². The van der Waals surface area contributed by atoms with Crippen molar-refractivity contribution < 1.29 is 19.5 Å². The molecule has 100 valence electrons. The molecule has 0 fully saturated rings. The molecule has 0 saturated heterocycles. The fourth-order valence-electron chi connectivity index (χ4n) is 1.06. The monoisotopic (exact) mass is 255 g/mol. The topological polar surface area (TPSA) is 111 Å². The minimum Gasteiger partial charge on any atom is -0.481 e. The van der Waals surface area contributed by atoms with Gasteiger partial charge in [0.05, 0.1) is 17.9 Å². The second kappa shape index (κ2) is 6.59. The van der Waals surface area contributed by atoms with Crippen LogP contribution in [0.15, 0.2) is 0 Å². The molecule has 7 nitrogen and oxygen atoms in total. The number of imide groups is 1. The van der Waals surface area contributed by atoms with Gasteiger partial charge in [0.25, 0.3) is 0 Å². The van der Waals surface area contributed by atoms with E-state index in [9.17, 15) is 14.4 Å². The molecule has 0 saturated carbocycles. The number of carbonyl (C=O) groups is 3. The van der Waals surface area contributed by atoms with Crippen molar-refractivity contribution in [2.24, 2.45) is 5.41 Å². The number of nitrogens with one attached hydrogen (secondary N) is 1. The molecule has 0 aromatic carbocycles. The van der Waals surface area contributed by atoms with Crippen LogP contribution in [0.4, 0.5) is 4.79 Å². The second-order valence-corrected chi connectivity index (χ2v) is 4.55. The minimum atomic E-state index is -1.23. The summed E-state index contributed by atoms with van der Waals surface area (Å²) in [4.78, 5) is 34.9. The van der Waals surface area contributed by atoms with Gasteiger partial charge in [0.15, 0.2) is 0 Å². The highest BCUT2D eigenvalue weighted by atomic mass is 16.4. The number of nitrogens with zero attached hydrogens (tertiary/aromatic N) is 2. The van der Waals surface area contributed by atoms with Gasteiger partial charge in [-0.15, -0.1) is 0 Å². The van der Waals surface area contributed by atoms with Gasteiger partial charge >= 0.3 is 12.0 Å². The number of hydrogen-bond acceptors (Lipinski definition) is 4. The molecule has 7 heteroatoms. The van der Waals surface area contributed by atoms with E-state index in [-0.39, 0.29) is 19.4 Å². The SMILES string of the molecule is CN(CCC#N)C(=O)NC(=O)CC(C)(C)C(=O)O.